The van der Waals surface area contributed by atoms with E-state index in [0.717, 1.165) is 19.3 Å². The fourth-order valence-electron chi connectivity index (χ4n) is 2.45. The first-order valence-corrected chi connectivity index (χ1v) is 9.21. The van der Waals surface area contributed by atoms with Crippen molar-refractivity contribution in [3.05, 3.63) is 0 Å². The molecule has 0 amide bonds. The van der Waals surface area contributed by atoms with Gasteiger partial charge in [0.25, 0.3) is 0 Å². The summed E-state index contributed by atoms with van der Waals surface area (Å²) in [4.78, 5) is 2.31. The molecular formula is C12H19N3O3S2. The average Bonchev–Trinajstić information content (AvgIpc) is 3.22. The molecule has 112 valence electrons. The molecular weight excluding hydrogens is 298 g/mol. The van der Waals surface area contributed by atoms with Crippen LogP contribution in [0.15, 0.2) is 4.90 Å². The van der Waals surface area contributed by atoms with Crippen molar-refractivity contribution in [2.75, 3.05) is 30.3 Å². The highest BCUT2D eigenvalue weighted by molar-refractivity contribution is 7.92. The minimum atomic E-state index is -3.32. The third kappa shape index (κ3) is 2.40. The molecule has 2 N–H and O–H groups in total. The van der Waals surface area contributed by atoms with E-state index in [4.69, 9.17) is 10.5 Å². The number of nitrogens with two attached hydrogens (primary N) is 1. The normalized spacial score (nSPS) is 24.1. The van der Waals surface area contributed by atoms with Crippen LogP contribution >= 0.6 is 11.5 Å². The summed E-state index contributed by atoms with van der Waals surface area (Å²) in [6, 6.07) is 0. The average molecular weight is 317 g/mol. The second kappa shape index (κ2) is 5.16. The van der Waals surface area contributed by atoms with Gasteiger partial charge in [-0.25, -0.2) is 8.42 Å². The van der Waals surface area contributed by atoms with E-state index in [1.54, 1.807) is 0 Å². The first-order valence-electron chi connectivity index (χ1n) is 6.89. The Kier molecular flexibility index (Phi) is 3.64. The summed E-state index contributed by atoms with van der Waals surface area (Å²) in [6.07, 6.45) is 2.52. The molecule has 0 bridgehead atoms. The number of nitrogens with zero attached hydrogens (tertiary/aromatic N) is 2. The SMILES string of the molecule is CCC1CN(c2snc(N)c2S(=O)(=O)C2CC2)CCO1. The third-order valence-corrected chi connectivity index (χ3v) is 7.16. The summed E-state index contributed by atoms with van der Waals surface area (Å²) in [5, 5.41) is 0.430. The monoisotopic (exact) mass is 317 g/mol. The molecule has 20 heavy (non-hydrogen) atoms. The van der Waals surface area contributed by atoms with E-state index >= 15 is 0 Å². The van der Waals surface area contributed by atoms with Gasteiger partial charge in [0.2, 0.25) is 0 Å². The number of aromatic nitrogens is 1. The lowest BCUT2D eigenvalue weighted by Crippen LogP contribution is -2.42. The van der Waals surface area contributed by atoms with Crippen LogP contribution in [0, 0.1) is 0 Å². The lowest BCUT2D eigenvalue weighted by Gasteiger charge is -2.33. The van der Waals surface area contributed by atoms with Crippen molar-refractivity contribution in [2.24, 2.45) is 0 Å². The molecule has 1 atom stereocenters. The molecule has 1 saturated heterocycles. The Morgan fingerprint density at radius 1 is 1.50 bits per heavy atom. The lowest BCUT2D eigenvalue weighted by molar-refractivity contribution is 0.0385. The van der Waals surface area contributed by atoms with Crippen LogP contribution in [0.25, 0.3) is 0 Å². The molecule has 0 aromatic carbocycles. The predicted octanol–water partition coefficient (Wildman–Crippen LogP) is 1.28. The highest BCUT2D eigenvalue weighted by Gasteiger charge is 2.42. The quantitative estimate of drug-likeness (QED) is 0.900. The topological polar surface area (TPSA) is 85.5 Å². The van der Waals surface area contributed by atoms with E-state index in [1.807, 2.05) is 0 Å². The first kappa shape index (κ1) is 14.1. The van der Waals surface area contributed by atoms with Gasteiger partial charge in [0.1, 0.15) is 9.90 Å². The summed E-state index contributed by atoms with van der Waals surface area (Å²) in [7, 11) is -3.32. The van der Waals surface area contributed by atoms with Crippen LogP contribution in [0.1, 0.15) is 26.2 Å². The molecule has 2 heterocycles. The van der Waals surface area contributed by atoms with Crippen LogP contribution in [0.4, 0.5) is 10.8 Å². The Balaban J connectivity index is 1.94. The highest BCUT2D eigenvalue weighted by Crippen LogP contribution is 2.42. The van der Waals surface area contributed by atoms with Gasteiger partial charge in [-0.3, -0.25) is 0 Å². The van der Waals surface area contributed by atoms with Gasteiger partial charge in [0, 0.05) is 13.1 Å². The van der Waals surface area contributed by atoms with Gasteiger partial charge < -0.3 is 15.4 Å². The van der Waals surface area contributed by atoms with Gasteiger partial charge in [-0.2, -0.15) is 4.37 Å². The van der Waals surface area contributed by atoms with Gasteiger partial charge in [-0.15, -0.1) is 0 Å². The van der Waals surface area contributed by atoms with Crippen molar-refractivity contribution in [3.8, 4) is 0 Å². The Hall–Kier alpha value is -0.860. The molecule has 1 unspecified atom stereocenters. The van der Waals surface area contributed by atoms with Crippen LogP contribution in [-0.2, 0) is 14.6 Å². The van der Waals surface area contributed by atoms with Crippen LogP contribution in [0.3, 0.4) is 0 Å². The zero-order valence-corrected chi connectivity index (χ0v) is 13.0. The number of rotatable bonds is 4. The molecule has 1 saturated carbocycles. The van der Waals surface area contributed by atoms with Gasteiger partial charge in [-0.05, 0) is 30.8 Å². The zero-order valence-electron chi connectivity index (χ0n) is 11.4. The fourth-order valence-corrected chi connectivity index (χ4v) is 5.51. The van der Waals surface area contributed by atoms with Gasteiger partial charge in [0.05, 0.1) is 18.0 Å². The number of sulfone groups is 1. The molecule has 2 fully saturated rings. The Morgan fingerprint density at radius 3 is 2.90 bits per heavy atom. The Bertz CT molecular complexity index is 595. The minimum Gasteiger partial charge on any atom is -0.382 e. The van der Waals surface area contributed by atoms with Crippen LogP contribution < -0.4 is 10.6 Å². The van der Waals surface area contributed by atoms with Crippen molar-refractivity contribution in [2.45, 2.75) is 42.4 Å². The van der Waals surface area contributed by atoms with Crippen molar-refractivity contribution >= 4 is 32.2 Å². The zero-order chi connectivity index (χ0) is 14.3. The van der Waals surface area contributed by atoms with Crippen LogP contribution in [0.2, 0.25) is 0 Å². The highest BCUT2D eigenvalue weighted by atomic mass is 32.2. The van der Waals surface area contributed by atoms with Crippen molar-refractivity contribution in [1.82, 2.24) is 4.37 Å². The second-order valence-electron chi connectivity index (χ2n) is 5.29. The third-order valence-electron chi connectivity index (χ3n) is 3.79. The van der Waals surface area contributed by atoms with Crippen LogP contribution in [-0.4, -0.2) is 43.8 Å². The van der Waals surface area contributed by atoms with Gasteiger partial charge >= 0.3 is 0 Å². The molecule has 8 heteroatoms. The van der Waals surface area contributed by atoms with E-state index in [1.165, 1.54) is 11.5 Å². The number of morpholine rings is 1. The van der Waals surface area contributed by atoms with Gasteiger partial charge in [-0.1, -0.05) is 6.92 Å². The summed E-state index contributed by atoms with van der Waals surface area (Å²) >= 11 is 1.18. The number of nitrogen functional groups attached to an aromatic ring is 1. The molecule has 0 spiro atoms. The summed E-state index contributed by atoms with van der Waals surface area (Å²) in [5.41, 5.74) is 5.83. The number of ether oxygens (including phenoxy) is 1. The standard InChI is InChI=1S/C12H19N3O3S2/c1-2-8-7-15(5-6-18-8)12-10(11(13)14-19-12)20(16,17)9-3-4-9/h8-9H,2-7H2,1H3,(H2,13,14). The van der Waals surface area contributed by atoms with E-state index in [-0.39, 0.29) is 22.1 Å². The predicted molar refractivity (Wildman–Crippen MR) is 79.0 cm³/mol. The van der Waals surface area contributed by atoms with E-state index in [2.05, 4.69) is 16.2 Å². The maximum Gasteiger partial charge on any atom is 0.187 e. The molecule has 1 aliphatic heterocycles. The van der Waals surface area contributed by atoms with E-state index in [9.17, 15) is 8.42 Å². The smallest absolute Gasteiger partial charge is 0.187 e. The maximum atomic E-state index is 12.5. The van der Waals surface area contributed by atoms with Crippen LogP contribution in [0.5, 0.6) is 0 Å². The molecule has 6 nitrogen and oxygen atoms in total. The summed E-state index contributed by atoms with van der Waals surface area (Å²) < 4.78 is 34.7. The lowest BCUT2D eigenvalue weighted by atomic mass is 10.2. The van der Waals surface area contributed by atoms with E-state index in [0.29, 0.717) is 24.7 Å². The maximum absolute atomic E-state index is 12.5. The Labute approximate surface area is 123 Å². The second-order valence-corrected chi connectivity index (χ2v) is 8.21. The van der Waals surface area contributed by atoms with Gasteiger partial charge in [0.15, 0.2) is 15.7 Å². The van der Waals surface area contributed by atoms with Crippen molar-refractivity contribution in [1.29, 1.82) is 0 Å². The number of hydrogen-bond donors (Lipinski definition) is 1. The van der Waals surface area contributed by atoms with Crippen molar-refractivity contribution in [3.63, 3.8) is 0 Å². The Morgan fingerprint density at radius 2 is 2.25 bits per heavy atom. The fraction of sp³-hybridized carbons (Fsp3) is 0.750. The molecule has 2 aliphatic rings. The summed E-state index contributed by atoms with van der Waals surface area (Å²) in [5.74, 6) is 0.149. The van der Waals surface area contributed by atoms with E-state index < -0.39 is 9.84 Å². The van der Waals surface area contributed by atoms with Crippen molar-refractivity contribution < 1.29 is 13.2 Å². The minimum absolute atomic E-state index is 0.142. The largest absolute Gasteiger partial charge is 0.382 e. The summed E-state index contributed by atoms with van der Waals surface area (Å²) in [6.45, 7) is 4.06. The molecule has 3 rings (SSSR count). The molecule has 1 aromatic rings. The first-order chi connectivity index (χ1) is 9.54. The molecule has 1 aliphatic carbocycles. The number of anilines is 2. The molecule has 1 aromatic heterocycles. The molecule has 0 radical (unpaired) electrons. The number of hydrogen-bond acceptors (Lipinski definition) is 7.